The molecule has 10 nitrogen and oxygen atoms in total. The smallest absolute Gasteiger partial charge is 0.250 e. The maximum Gasteiger partial charge on any atom is 0.250 e. The van der Waals surface area contributed by atoms with Gasteiger partial charge in [0, 0.05) is 43.7 Å². The van der Waals surface area contributed by atoms with Gasteiger partial charge < -0.3 is 4.90 Å². The van der Waals surface area contributed by atoms with E-state index in [0.29, 0.717) is 27.1 Å². The van der Waals surface area contributed by atoms with Crippen LogP contribution in [-0.2, 0) is 16.1 Å². The SMILES string of the molecule is CC(=O)c1nn(CC(=O)N2C[C@H](F)C[C@H]2C(=O)N(C)c2cccc(Br)n2)c2ccc(-c3cnc(C)nc3)cc12. The maximum atomic E-state index is 14.5. The zero-order valence-electron chi connectivity index (χ0n) is 21.5. The quantitative estimate of drug-likeness (QED) is 0.247. The van der Waals surface area contributed by atoms with Gasteiger partial charge in [0.25, 0.3) is 5.91 Å². The van der Waals surface area contributed by atoms with E-state index in [1.165, 1.54) is 21.4 Å². The summed E-state index contributed by atoms with van der Waals surface area (Å²) in [6, 6.07) is 9.56. The number of likely N-dealkylation sites (N-methyl/N-ethyl adjacent to an activating group) is 1. The first-order valence-corrected chi connectivity index (χ1v) is 13.1. The molecule has 1 fully saturated rings. The summed E-state index contributed by atoms with van der Waals surface area (Å²) >= 11 is 3.28. The first-order chi connectivity index (χ1) is 18.6. The number of hydrogen-bond acceptors (Lipinski definition) is 7. The molecule has 0 bridgehead atoms. The minimum atomic E-state index is -1.34. The predicted octanol–water partition coefficient (Wildman–Crippen LogP) is 3.76. The van der Waals surface area contributed by atoms with Gasteiger partial charge in [-0.05, 0) is 52.7 Å². The number of alkyl halides is 1. The molecule has 1 aromatic carbocycles. The number of amides is 2. The number of pyridine rings is 1. The first kappa shape index (κ1) is 26.5. The highest BCUT2D eigenvalue weighted by Crippen LogP contribution is 2.28. The number of benzene rings is 1. The second kappa shape index (κ2) is 10.6. The van der Waals surface area contributed by atoms with Crippen LogP contribution in [0.5, 0.6) is 0 Å². The van der Waals surface area contributed by atoms with E-state index in [-0.39, 0.29) is 31.0 Å². The molecule has 39 heavy (non-hydrogen) atoms. The summed E-state index contributed by atoms with van der Waals surface area (Å²) in [6.45, 7) is 2.74. The van der Waals surface area contributed by atoms with Crippen molar-refractivity contribution < 1.29 is 18.8 Å². The van der Waals surface area contributed by atoms with Crippen molar-refractivity contribution in [1.29, 1.82) is 0 Å². The van der Waals surface area contributed by atoms with Gasteiger partial charge in [0.15, 0.2) is 5.78 Å². The van der Waals surface area contributed by atoms with E-state index in [1.807, 2.05) is 12.1 Å². The summed E-state index contributed by atoms with van der Waals surface area (Å²) in [5, 5.41) is 4.99. The number of likely N-dealkylation sites (tertiary alicyclic amines) is 1. The highest BCUT2D eigenvalue weighted by atomic mass is 79.9. The van der Waals surface area contributed by atoms with E-state index in [1.54, 1.807) is 50.6 Å². The minimum absolute atomic E-state index is 0.108. The topological polar surface area (TPSA) is 114 Å². The lowest BCUT2D eigenvalue weighted by molar-refractivity contribution is -0.138. The van der Waals surface area contributed by atoms with E-state index in [4.69, 9.17) is 0 Å². The Bertz CT molecular complexity index is 1590. The van der Waals surface area contributed by atoms with Crippen LogP contribution in [0, 0.1) is 6.92 Å². The molecule has 3 aromatic heterocycles. The molecule has 0 spiro atoms. The van der Waals surface area contributed by atoms with Crippen LogP contribution in [0.25, 0.3) is 22.0 Å². The number of carbonyl (C=O) groups is 3. The number of ketones is 1. The summed E-state index contributed by atoms with van der Waals surface area (Å²) < 4.78 is 16.5. The van der Waals surface area contributed by atoms with Crippen LogP contribution in [0.15, 0.2) is 53.4 Å². The van der Waals surface area contributed by atoms with Crippen LogP contribution in [0.4, 0.5) is 10.2 Å². The van der Waals surface area contributed by atoms with Crippen LogP contribution < -0.4 is 4.90 Å². The number of nitrogens with zero attached hydrogens (tertiary/aromatic N) is 7. The highest BCUT2D eigenvalue weighted by molar-refractivity contribution is 9.10. The van der Waals surface area contributed by atoms with E-state index in [2.05, 4.69) is 36.0 Å². The number of carbonyl (C=O) groups excluding carboxylic acids is 3. The monoisotopic (exact) mass is 593 g/mol. The molecule has 4 heterocycles. The van der Waals surface area contributed by atoms with Gasteiger partial charge in [0.2, 0.25) is 5.91 Å². The Kier molecular flexibility index (Phi) is 7.21. The molecule has 1 aliphatic heterocycles. The van der Waals surface area contributed by atoms with Crippen molar-refractivity contribution in [3.05, 3.63) is 64.9 Å². The molecular weight excluding hydrogens is 569 g/mol. The van der Waals surface area contributed by atoms with Gasteiger partial charge in [-0.3, -0.25) is 24.0 Å². The lowest BCUT2D eigenvalue weighted by Crippen LogP contribution is -2.47. The Hall–Kier alpha value is -4.06. The van der Waals surface area contributed by atoms with Crippen molar-refractivity contribution in [3.63, 3.8) is 0 Å². The Labute approximate surface area is 232 Å². The molecule has 0 unspecified atom stereocenters. The van der Waals surface area contributed by atoms with Crippen molar-refractivity contribution in [2.75, 3.05) is 18.5 Å². The van der Waals surface area contributed by atoms with Crippen molar-refractivity contribution in [2.24, 2.45) is 0 Å². The lowest BCUT2D eigenvalue weighted by Gasteiger charge is -2.27. The molecule has 1 saturated heterocycles. The molecule has 0 saturated carbocycles. The van der Waals surface area contributed by atoms with Gasteiger partial charge in [-0.2, -0.15) is 5.10 Å². The molecule has 2 atom stereocenters. The number of fused-ring (bicyclic) bond motifs is 1. The van der Waals surface area contributed by atoms with Gasteiger partial charge >= 0.3 is 0 Å². The molecule has 0 radical (unpaired) electrons. The molecule has 200 valence electrons. The summed E-state index contributed by atoms with van der Waals surface area (Å²) in [4.78, 5) is 54.5. The van der Waals surface area contributed by atoms with Gasteiger partial charge in [-0.1, -0.05) is 12.1 Å². The Morgan fingerprint density at radius 2 is 1.87 bits per heavy atom. The molecular formula is C27H25BrFN7O3. The summed E-state index contributed by atoms with van der Waals surface area (Å²) in [5.74, 6) is -0.148. The largest absolute Gasteiger partial charge is 0.326 e. The summed E-state index contributed by atoms with van der Waals surface area (Å²) in [7, 11) is 1.54. The van der Waals surface area contributed by atoms with Crippen LogP contribution in [0.1, 0.15) is 29.7 Å². The number of Topliss-reactive ketones (excluding diaryl/α,β-unsaturated/α-hetero) is 1. The van der Waals surface area contributed by atoms with E-state index < -0.39 is 24.0 Å². The maximum absolute atomic E-state index is 14.5. The summed E-state index contributed by atoms with van der Waals surface area (Å²) in [6.07, 6.45) is 1.95. The first-order valence-electron chi connectivity index (χ1n) is 12.3. The second-order valence-corrected chi connectivity index (χ2v) is 10.2. The van der Waals surface area contributed by atoms with Crippen molar-refractivity contribution in [1.82, 2.24) is 29.6 Å². The number of rotatable bonds is 6. The number of halogens is 2. The molecule has 4 aromatic rings. The van der Waals surface area contributed by atoms with Gasteiger partial charge in [-0.15, -0.1) is 0 Å². The average Bonchev–Trinajstić information content (AvgIpc) is 3.48. The van der Waals surface area contributed by atoms with Gasteiger partial charge in [0.05, 0.1) is 12.1 Å². The fraction of sp³-hybridized carbons (Fsp3) is 0.296. The van der Waals surface area contributed by atoms with Gasteiger partial charge in [-0.25, -0.2) is 19.3 Å². The van der Waals surface area contributed by atoms with Crippen LogP contribution >= 0.6 is 15.9 Å². The van der Waals surface area contributed by atoms with Crippen LogP contribution in [-0.4, -0.2) is 73.0 Å². The summed E-state index contributed by atoms with van der Waals surface area (Å²) in [5.41, 5.74) is 2.35. The average molecular weight is 594 g/mol. The number of aromatic nitrogens is 5. The molecule has 5 rings (SSSR count). The van der Waals surface area contributed by atoms with Gasteiger partial charge in [0.1, 0.15) is 40.7 Å². The lowest BCUT2D eigenvalue weighted by atomic mass is 10.0. The van der Waals surface area contributed by atoms with Crippen LogP contribution in [0.3, 0.4) is 0 Å². The van der Waals surface area contributed by atoms with E-state index in [9.17, 15) is 18.8 Å². The Morgan fingerprint density at radius 1 is 1.13 bits per heavy atom. The molecule has 0 N–H and O–H groups in total. The molecule has 0 aliphatic carbocycles. The number of hydrogen-bond donors (Lipinski definition) is 0. The third-order valence-corrected chi connectivity index (χ3v) is 7.15. The predicted molar refractivity (Wildman–Crippen MR) is 146 cm³/mol. The van der Waals surface area contributed by atoms with E-state index in [0.717, 1.165) is 11.1 Å². The van der Waals surface area contributed by atoms with Crippen molar-refractivity contribution in [3.8, 4) is 11.1 Å². The molecule has 12 heteroatoms. The fourth-order valence-electron chi connectivity index (χ4n) is 4.72. The standard InChI is InChI=1S/C27H25BrFN7O3/c1-15(37)26-20-9-17(18-11-30-16(2)31-12-18)7-8-21(20)36(33-26)14-25(38)35-13-19(29)10-22(35)27(39)34(3)24-6-4-5-23(28)32-24/h4-9,11-12,19,22H,10,13-14H2,1-3H3/t19-,22+/m1/s1. The Balaban J connectivity index is 1.42. The van der Waals surface area contributed by atoms with Crippen molar-refractivity contribution >= 4 is 50.2 Å². The third-order valence-electron chi connectivity index (χ3n) is 6.71. The zero-order valence-corrected chi connectivity index (χ0v) is 23.1. The van der Waals surface area contributed by atoms with E-state index >= 15 is 0 Å². The third kappa shape index (κ3) is 5.29. The molecule has 1 aliphatic rings. The fourth-order valence-corrected chi connectivity index (χ4v) is 5.05. The highest BCUT2D eigenvalue weighted by Gasteiger charge is 2.41. The second-order valence-electron chi connectivity index (χ2n) is 9.42. The van der Waals surface area contributed by atoms with Crippen molar-refractivity contribution in [2.45, 2.75) is 39.0 Å². The Morgan fingerprint density at radius 3 is 2.56 bits per heavy atom. The molecule has 2 amide bonds. The normalized spacial score (nSPS) is 17.0. The van der Waals surface area contributed by atoms with Crippen LogP contribution in [0.2, 0.25) is 0 Å². The number of aryl methyl sites for hydroxylation is 1. The zero-order chi connectivity index (χ0) is 27.8. The number of anilines is 1. The minimum Gasteiger partial charge on any atom is -0.326 e.